The van der Waals surface area contributed by atoms with Crippen LogP contribution in [0.3, 0.4) is 0 Å². The normalized spacial score (nSPS) is 11.3. The minimum Gasteiger partial charge on any atom is -0.337 e. The second-order valence-electron chi connectivity index (χ2n) is 4.65. The van der Waals surface area contributed by atoms with E-state index in [1.54, 1.807) is 0 Å². The highest BCUT2D eigenvalue weighted by atomic mass is 15.3. The standard InChI is InChI=1S/C14H17N5/c1-18-8-7-16-14(18)10-15-9-12-11-5-3-4-6-13(11)19(2)17-12/h3-8,15H,9-10H2,1-2H3. The van der Waals surface area contributed by atoms with E-state index in [0.29, 0.717) is 0 Å². The van der Waals surface area contributed by atoms with Crippen molar-refractivity contribution in [3.63, 3.8) is 0 Å². The highest BCUT2D eigenvalue weighted by Gasteiger charge is 2.07. The van der Waals surface area contributed by atoms with Crippen LogP contribution in [0.5, 0.6) is 0 Å². The van der Waals surface area contributed by atoms with Gasteiger partial charge in [-0.25, -0.2) is 4.98 Å². The molecule has 0 saturated heterocycles. The molecule has 0 unspecified atom stereocenters. The first kappa shape index (κ1) is 11.9. The van der Waals surface area contributed by atoms with Gasteiger partial charge >= 0.3 is 0 Å². The fourth-order valence-electron chi connectivity index (χ4n) is 2.28. The Labute approximate surface area is 111 Å². The number of para-hydroxylation sites is 1. The fraction of sp³-hybridized carbons (Fsp3) is 0.286. The third-order valence-electron chi connectivity index (χ3n) is 3.33. The summed E-state index contributed by atoms with van der Waals surface area (Å²) in [6.45, 7) is 1.49. The Balaban J connectivity index is 1.74. The van der Waals surface area contributed by atoms with Crippen LogP contribution in [0.2, 0.25) is 0 Å². The van der Waals surface area contributed by atoms with Gasteiger partial charge < -0.3 is 9.88 Å². The molecule has 0 atom stereocenters. The number of nitrogens with one attached hydrogen (secondary N) is 1. The topological polar surface area (TPSA) is 47.7 Å². The fourth-order valence-corrected chi connectivity index (χ4v) is 2.28. The molecule has 0 spiro atoms. The maximum atomic E-state index is 4.56. The van der Waals surface area contributed by atoms with Gasteiger partial charge in [0.1, 0.15) is 5.82 Å². The Kier molecular flexibility index (Phi) is 3.05. The Bertz CT molecular complexity index is 695. The number of rotatable bonds is 4. The number of hydrogen-bond donors (Lipinski definition) is 1. The van der Waals surface area contributed by atoms with Gasteiger partial charge in [-0.15, -0.1) is 0 Å². The van der Waals surface area contributed by atoms with Crippen LogP contribution >= 0.6 is 0 Å². The summed E-state index contributed by atoms with van der Waals surface area (Å²) >= 11 is 0. The number of aromatic nitrogens is 4. The van der Waals surface area contributed by atoms with E-state index in [-0.39, 0.29) is 0 Å². The van der Waals surface area contributed by atoms with Crippen LogP contribution in [-0.4, -0.2) is 19.3 Å². The highest BCUT2D eigenvalue weighted by molar-refractivity contribution is 5.81. The number of benzene rings is 1. The Morgan fingerprint density at radius 2 is 2.00 bits per heavy atom. The summed E-state index contributed by atoms with van der Waals surface area (Å²) < 4.78 is 3.94. The summed E-state index contributed by atoms with van der Waals surface area (Å²) in [5, 5.41) is 9.16. The van der Waals surface area contributed by atoms with Crippen molar-refractivity contribution < 1.29 is 0 Å². The van der Waals surface area contributed by atoms with Crippen LogP contribution in [0.1, 0.15) is 11.5 Å². The van der Waals surface area contributed by atoms with Crippen molar-refractivity contribution in [3.05, 3.63) is 48.2 Å². The highest BCUT2D eigenvalue weighted by Crippen LogP contribution is 2.17. The molecule has 0 amide bonds. The molecule has 0 aliphatic heterocycles. The summed E-state index contributed by atoms with van der Waals surface area (Å²) in [7, 11) is 3.98. The van der Waals surface area contributed by atoms with Crippen molar-refractivity contribution in [3.8, 4) is 0 Å². The Hall–Kier alpha value is -2.14. The zero-order chi connectivity index (χ0) is 13.2. The van der Waals surface area contributed by atoms with Crippen LogP contribution in [0.4, 0.5) is 0 Å². The van der Waals surface area contributed by atoms with Gasteiger partial charge in [-0.1, -0.05) is 18.2 Å². The molecule has 19 heavy (non-hydrogen) atoms. The molecule has 1 N–H and O–H groups in total. The zero-order valence-electron chi connectivity index (χ0n) is 11.2. The molecule has 0 fully saturated rings. The van der Waals surface area contributed by atoms with Gasteiger partial charge in [0.15, 0.2) is 0 Å². The summed E-state index contributed by atoms with van der Waals surface area (Å²) in [6.07, 6.45) is 3.76. The van der Waals surface area contributed by atoms with Gasteiger partial charge in [-0.05, 0) is 6.07 Å². The van der Waals surface area contributed by atoms with Crippen molar-refractivity contribution in [1.82, 2.24) is 24.6 Å². The van der Waals surface area contributed by atoms with Crippen molar-refractivity contribution >= 4 is 10.9 Å². The van der Waals surface area contributed by atoms with E-state index in [1.165, 1.54) is 5.39 Å². The predicted octanol–water partition coefficient (Wildman–Crippen LogP) is 1.60. The largest absolute Gasteiger partial charge is 0.337 e. The number of nitrogens with zero attached hydrogens (tertiary/aromatic N) is 4. The van der Waals surface area contributed by atoms with Crippen LogP contribution in [-0.2, 0) is 27.2 Å². The number of hydrogen-bond acceptors (Lipinski definition) is 3. The number of aryl methyl sites for hydroxylation is 2. The lowest BCUT2D eigenvalue weighted by Crippen LogP contribution is -2.16. The monoisotopic (exact) mass is 255 g/mol. The first-order valence-electron chi connectivity index (χ1n) is 6.33. The van der Waals surface area contributed by atoms with Gasteiger partial charge in [0.2, 0.25) is 0 Å². The van der Waals surface area contributed by atoms with Gasteiger partial charge in [0.05, 0.1) is 17.8 Å². The lowest BCUT2D eigenvalue weighted by atomic mass is 10.2. The molecule has 98 valence electrons. The van der Waals surface area contributed by atoms with E-state index in [9.17, 15) is 0 Å². The van der Waals surface area contributed by atoms with Crippen molar-refractivity contribution in [1.29, 1.82) is 0 Å². The third-order valence-corrected chi connectivity index (χ3v) is 3.33. The predicted molar refractivity (Wildman–Crippen MR) is 74.5 cm³/mol. The molecule has 2 heterocycles. The zero-order valence-corrected chi connectivity index (χ0v) is 11.2. The average Bonchev–Trinajstić information content (AvgIpc) is 2.96. The van der Waals surface area contributed by atoms with Gasteiger partial charge in [0, 0.05) is 38.4 Å². The quantitative estimate of drug-likeness (QED) is 0.770. The maximum Gasteiger partial charge on any atom is 0.122 e. The summed E-state index contributed by atoms with van der Waals surface area (Å²) in [6, 6.07) is 8.28. The second-order valence-corrected chi connectivity index (χ2v) is 4.65. The van der Waals surface area contributed by atoms with Crippen LogP contribution < -0.4 is 5.32 Å². The smallest absolute Gasteiger partial charge is 0.122 e. The number of fused-ring (bicyclic) bond motifs is 1. The van der Waals surface area contributed by atoms with Gasteiger partial charge in [0.25, 0.3) is 0 Å². The first-order chi connectivity index (χ1) is 9.25. The third kappa shape index (κ3) is 2.24. The summed E-state index contributed by atoms with van der Waals surface area (Å²) in [5.74, 6) is 1.03. The minimum absolute atomic E-state index is 0.744. The molecule has 0 radical (unpaired) electrons. The molecule has 5 nitrogen and oxygen atoms in total. The van der Waals surface area contributed by atoms with Crippen molar-refractivity contribution in [2.75, 3.05) is 0 Å². The molecular formula is C14H17N5. The second kappa shape index (κ2) is 4.85. The van der Waals surface area contributed by atoms with Crippen LogP contribution in [0, 0.1) is 0 Å². The molecule has 0 aliphatic carbocycles. The summed E-state index contributed by atoms with van der Waals surface area (Å²) in [4.78, 5) is 4.29. The SMILES string of the molecule is Cn1ccnc1CNCc1nn(C)c2ccccc12. The lowest BCUT2D eigenvalue weighted by molar-refractivity contribution is 0.622. The van der Waals surface area contributed by atoms with E-state index in [2.05, 4.69) is 27.5 Å². The Morgan fingerprint density at radius 3 is 2.79 bits per heavy atom. The molecule has 5 heteroatoms. The van der Waals surface area contributed by atoms with Gasteiger partial charge in [-0.3, -0.25) is 4.68 Å². The summed E-state index contributed by atoms with van der Waals surface area (Å²) in [5.41, 5.74) is 2.24. The molecule has 3 aromatic rings. The van der Waals surface area contributed by atoms with Crippen LogP contribution in [0.25, 0.3) is 10.9 Å². The van der Waals surface area contributed by atoms with E-state index in [4.69, 9.17) is 0 Å². The first-order valence-corrected chi connectivity index (χ1v) is 6.33. The van der Waals surface area contributed by atoms with E-state index in [1.807, 2.05) is 47.9 Å². The van der Waals surface area contributed by atoms with Crippen LogP contribution in [0.15, 0.2) is 36.7 Å². The molecule has 0 aliphatic rings. The molecule has 3 rings (SSSR count). The van der Waals surface area contributed by atoms with E-state index in [0.717, 1.165) is 30.1 Å². The lowest BCUT2D eigenvalue weighted by Gasteiger charge is -2.03. The molecule has 2 aromatic heterocycles. The molecular weight excluding hydrogens is 238 g/mol. The molecule has 1 aromatic carbocycles. The molecule has 0 bridgehead atoms. The van der Waals surface area contributed by atoms with Crippen molar-refractivity contribution in [2.24, 2.45) is 14.1 Å². The van der Waals surface area contributed by atoms with Crippen molar-refractivity contribution in [2.45, 2.75) is 13.1 Å². The number of imidazole rings is 1. The minimum atomic E-state index is 0.744. The van der Waals surface area contributed by atoms with E-state index >= 15 is 0 Å². The van der Waals surface area contributed by atoms with E-state index < -0.39 is 0 Å². The maximum absolute atomic E-state index is 4.56. The molecule has 0 saturated carbocycles. The average molecular weight is 255 g/mol. The van der Waals surface area contributed by atoms with Gasteiger partial charge in [-0.2, -0.15) is 5.10 Å². The Morgan fingerprint density at radius 1 is 1.16 bits per heavy atom.